The van der Waals surface area contributed by atoms with Gasteiger partial charge in [0.2, 0.25) is 5.91 Å². The molecule has 0 spiro atoms. The third kappa shape index (κ3) is 4.09. The Labute approximate surface area is 165 Å². The van der Waals surface area contributed by atoms with Crippen LogP contribution in [0.3, 0.4) is 0 Å². The molecule has 1 N–H and O–H groups in total. The van der Waals surface area contributed by atoms with Crippen LogP contribution in [0.5, 0.6) is 0 Å². The third-order valence-corrected chi connectivity index (χ3v) is 4.83. The average molecular weight is 400 g/mol. The highest BCUT2D eigenvalue weighted by molar-refractivity contribution is 5.81. The monoisotopic (exact) mass is 400 g/mol. The fraction of sp³-hybridized carbons (Fsp3) is 0.286. The molecular formula is C21H19F3N4O. The van der Waals surface area contributed by atoms with Gasteiger partial charge >= 0.3 is 0 Å². The number of imidazole rings is 1. The molecule has 2 atom stereocenters. The number of hydrogen-bond donors (Lipinski definition) is 1. The summed E-state index contributed by atoms with van der Waals surface area (Å²) in [7, 11) is 0. The Morgan fingerprint density at radius 3 is 2.66 bits per heavy atom. The van der Waals surface area contributed by atoms with Crippen LogP contribution < -0.4 is 5.32 Å². The van der Waals surface area contributed by atoms with Gasteiger partial charge in [0.15, 0.2) is 11.6 Å². The number of amides is 1. The molecule has 29 heavy (non-hydrogen) atoms. The van der Waals surface area contributed by atoms with E-state index in [2.05, 4.69) is 16.4 Å². The van der Waals surface area contributed by atoms with Crippen molar-refractivity contribution in [2.24, 2.45) is 0 Å². The Balaban J connectivity index is 1.74. The molecule has 1 aromatic heterocycles. The quantitative estimate of drug-likeness (QED) is 0.669. The maximum absolute atomic E-state index is 14.4. The molecule has 2 aromatic carbocycles. The molecule has 5 nitrogen and oxygen atoms in total. The van der Waals surface area contributed by atoms with Crippen LogP contribution in [0.2, 0.25) is 0 Å². The molecule has 2 unspecified atom stereocenters. The third-order valence-electron chi connectivity index (χ3n) is 4.83. The van der Waals surface area contributed by atoms with Gasteiger partial charge in [0, 0.05) is 5.56 Å². The molecule has 3 aromatic rings. The van der Waals surface area contributed by atoms with E-state index in [0.29, 0.717) is 17.5 Å². The molecule has 0 saturated carbocycles. The highest BCUT2D eigenvalue weighted by Gasteiger charge is 2.18. The number of benzene rings is 2. The van der Waals surface area contributed by atoms with Crippen molar-refractivity contribution in [2.45, 2.75) is 38.8 Å². The predicted octanol–water partition coefficient (Wildman–Crippen LogP) is 4.35. The Kier molecular flexibility index (Phi) is 5.87. The standard InChI is InChI=1S/C21H19F3N4O/c1-3-13(9-25)15-5-4-14(8-17(15)23)12(2)27-19(29)10-28-11-26-18-7-6-16(22)20(24)21(18)28/h4-8,11-13H,3,10H2,1-2H3,(H,27,29). The summed E-state index contributed by atoms with van der Waals surface area (Å²) in [5, 5.41) is 11.8. The zero-order chi connectivity index (χ0) is 21.1. The number of carbonyl (C=O) groups excluding carboxylic acids is 1. The van der Waals surface area contributed by atoms with Gasteiger partial charge in [0.05, 0.1) is 29.9 Å². The van der Waals surface area contributed by atoms with Gasteiger partial charge in [-0.2, -0.15) is 5.26 Å². The molecule has 0 fully saturated rings. The molecule has 0 saturated heterocycles. The summed E-state index contributed by atoms with van der Waals surface area (Å²) in [6, 6.07) is 8.35. The maximum atomic E-state index is 14.4. The first-order chi connectivity index (χ1) is 13.8. The molecule has 1 heterocycles. The normalized spacial score (nSPS) is 13.1. The molecule has 150 valence electrons. The van der Waals surface area contributed by atoms with Crippen LogP contribution >= 0.6 is 0 Å². The molecular weight excluding hydrogens is 381 g/mol. The van der Waals surface area contributed by atoms with Gasteiger partial charge in [-0.3, -0.25) is 4.79 Å². The lowest BCUT2D eigenvalue weighted by molar-refractivity contribution is -0.122. The lowest BCUT2D eigenvalue weighted by Crippen LogP contribution is -2.30. The summed E-state index contributed by atoms with van der Waals surface area (Å²) in [6.07, 6.45) is 1.76. The summed E-state index contributed by atoms with van der Waals surface area (Å²) in [5.74, 6) is -3.59. The SMILES string of the molecule is CCC(C#N)c1ccc(C(C)NC(=O)Cn2cnc3ccc(F)c(F)c32)cc1F. The van der Waals surface area contributed by atoms with E-state index in [-0.39, 0.29) is 17.6 Å². The number of halogens is 3. The second-order valence-corrected chi connectivity index (χ2v) is 6.76. The van der Waals surface area contributed by atoms with Gasteiger partial charge in [0.1, 0.15) is 17.9 Å². The minimum atomic E-state index is -1.07. The highest BCUT2D eigenvalue weighted by atomic mass is 19.2. The molecule has 0 aliphatic rings. The summed E-state index contributed by atoms with van der Waals surface area (Å²) >= 11 is 0. The van der Waals surface area contributed by atoms with Gasteiger partial charge in [0.25, 0.3) is 0 Å². The smallest absolute Gasteiger partial charge is 0.240 e. The number of fused-ring (bicyclic) bond motifs is 1. The largest absolute Gasteiger partial charge is 0.348 e. The lowest BCUT2D eigenvalue weighted by atomic mass is 9.95. The van der Waals surface area contributed by atoms with Crippen molar-refractivity contribution >= 4 is 16.9 Å². The van der Waals surface area contributed by atoms with Crippen LogP contribution in [0.25, 0.3) is 11.0 Å². The first kappa shape index (κ1) is 20.4. The molecule has 0 aliphatic carbocycles. The van der Waals surface area contributed by atoms with Crippen molar-refractivity contribution in [2.75, 3.05) is 0 Å². The minimum Gasteiger partial charge on any atom is -0.348 e. The minimum absolute atomic E-state index is 0.0923. The fourth-order valence-corrected chi connectivity index (χ4v) is 3.22. The van der Waals surface area contributed by atoms with Crippen LogP contribution in [-0.4, -0.2) is 15.5 Å². The van der Waals surface area contributed by atoms with E-state index in [4.69, 9.17) is 5.26 Å². The van der Waals surface area contributed by atoms with E-state index in [9.17, 15) is 18.0 Å². The zero-order valence-corrected chi connectivity index (χ0v) is 15.9. The van der Waals surface area contributed by atoms with Crippen molar-refractivity contribution in [1.29, 1.82) is 5.26 Å². The fourth-order valence-electron chi connectivity index (χ4n) is 3.22. The summed E-state index contributed by atoms with van der Waals surface area (Å²) in [6.45, 7) is 3.22. The second-order valence-electron chi connectivity index (χ2n) is 6.76. The molecule has 0 aliphatic heterocycles. The first-order valence-electron chi connectivity index (χ1n) is 9.12. The Morgan fingerprint density at radius 1 is 1.24 bits per heavy atom. The molecule has 1 amide bonds. The van der Waals surface area contributed by atoms with E-state index < -0.39 is 35.3 Å². The van der Waals surface area contributed by atoms with E-state index in [1.54, 1.807) is 26.0 Å². The first-order valence-corrected chi connectivity index (χ1v) is 9.12. The summed E-state index contributed by atoms with van der Waals surface area (Å²) < 4.78 is 43.1. The zero-order valence-electron chi connectivity index (χ0n) is 15.9. The maximum Gasteiger partial charge on any atom is 0.240 e. The second kappa shape index (κ2) is 8.35. The van der Waals surface area contributed by atoms with E-state index >= 15 is 0 Å². The summed E-state index contributed by atoms with van der Waals surface area (Å²) in [5.41, 5.74) is 0.996. The van der Waals surface area contributed by atoms with Gasteiger partial charge < -0.3 is 9.88 Å². The number of carbonyl (C=O) groups is 1. The Hall–Kier alpha value is -3.34. The van der Waals surface area contributed by atoms with Crippen LogP contribution in [0, 0.1) is 28.8 Å². The van der Waals surface area contributed by atoms with Crippen molar-refractivity contribution in [3.63, 3.8) is 0 Å². The predicted molar refractivity (Wildman–Crippen MR) is 101 cm³/mol. The average Bonchev–Trinajstić information content (AvgIpc) is 3.09. The number of hydrogen-bond acceptors (Lipinski definition) is 3. The molecule has 8 heteroatoms. The van der Waals surface area contributed by atoms with Gasteiger partial charge in [-0.1, -0.05) is 19.1 Å². The number of nitriles is 1. The van der Waals surface area contributed by atoms with E-state index in [1.807, 2.05) is 0 Å². The van der Waals surface area contributed by atoms with Crippen molar-refractivity contribution < 1.29 is 18.0 Å². The van der Waals surface area contributed by atoms with E-state index in [0.717, 1.165) is 6.07 Å². The van der Waals surface area contributed by atoms with E-state index in [1.165, 1.54) is 23.0 Å². The van der Waals surface area contributed by atoms with Crippen LogP contribution in [0.4, 0.5) is 13.2 Å². The van der Waals surface area contributed by atoms with Gasteiger partial charge in [-0.05, 0) is 37.1 Å². The molecule has 3 rings (SSSR count). The number of nitrogens with one attached hydrogen (secondary N) is 1. The van der Waals surface area contributed by atoms with Crippen LogP contribution in [-0.2, 0) is 11.3 Å². The number of nitrogens with zero attached hydrogens (tertiary/aromatic N) is 3. The Bertz CT molecular complexity index is 1100. The van der Waals surface area contributed by atoms with Gasteiger partial charge in [-0.25, -0.2) is 18.2 Å². The Morgan fingerprint density at radius 2 is 2.00 bits per heavy atom. The summed E-state index contributed by atoms with van der Waals surface area (Å²) in [4.78, 5) is 16.3. The van der Waals surface area contributed by atoms with Gasteiger partial charge in [-0.15, -0.1) is 0 Å². The molecule has 0 bridgehead atoms. The number of rotatable bonds is 6. The number of aromatic nitrogens is 2. The lowest BCUT2D eigenvalue weighted by Gasteiger charge is -2.17. The highest BCUT2D eigenvalue weighted by Crippen LogP contribution is 2.25. The molecule has 0 radical (unpaired) electrons. The topological polar surface area (TPSA) is 70.7 Å². The van der Waals surface area contributed by atoms with Crippen LogP contribution in [0.15, 0.2) is 36.7 Å². The van der Waals surface area contributed by atoms with Crippen molar-refractivity contribution in [3.05, 3.63) is 65.2 Å². The van der Waals surface area contributed by atoms with Crippen LogP contribution in [0.1, 0.15) is 43.4 Å². The van der Waals surface area contributed by atoms with Crippen molar-refractivity contribution in [1.82, 2.24) is 14.9 Å². The van der Waals surface area contributed by atoms with Crippen molar-refractivity contribution in [3.8, 4) is 6.07 Å².